The standard InChI is InChI=1S/C13H37NO5Si4/c1-9-11-14-12-10-13-23(8,18-21(4,5)16)19-22(6,7)17-20(2,3)15/h14-16H,9-13H2,1-8H3/t23-/m0/s1. The molecule has 23 heavy (non-hydrogen) atoms. The van der Waals surface area contributed by atoms with Crippen LogP contribution in [0.25, 0.3) is 0 Å². The summed E-state index contributed by atoms with van der Waals surface area (Å²) in [5, 5.41) is 3.38. The van der Waals surface area contributed by atoms with Crippen LogP contribution in [0.5, 0.6) is 0 Å². The zero-order chi connectivity index (χ0) is 18.4. The molecule has 0 heterocycles. The Kier molecular flexibility index (Phi) is 9.62. The second kappa shape index (κ2) is 9.36. The van der Waals surface area contributed by atoms with Crippen LogP contribution in [0.3, 0.4) is 0 Å². The summed E-state index contributed by atoms with van der Waals surface area (Å²) in [5.41, 5.74) is 0. The van der Waals surface area contributed by atoms with Crippen LogP contribution >= 0.6 is 0 Å². The van der Waals surface area contributed by atoms with Crippen LogP contribution in [0.4, 0.5) is 0 Å². The predicted molar refractivity (Wildman–Crippen MR) is 104 cm³/mol. The van der Waals surface area contributed by atoms with E-state index in [1.165, 1.54) is 0 Å². The van der Waals surface area contributed by atoms with Gasteiger partial charge in [-0.3, -0.25) is 0 Å². The molecule has 0 rings (SSSR count). The highest BCUT2D eigenvalue weighted by molar-refractivity contribution is 6.87. The molecule has 0 fully saturated rings. The van der Waals surface area contributed by atoms with E-state index < -0.39 is 34.2 Å². The molecule has 0 saturated carbocycles. The molecule has 140 valence electrons. The SMILES string of the molecule is CCCNCCC[Si@@](C)(O[Si](C)(C)O)O[Si](C)(C)O[Si](C)(C)O. The summed E-state index contributed by atoms with van der Waals surface area (Å²) in [5.74, 6) is 0. The van der Waals surface area contributed by atoms with Crippen LogP contribution in [-0.4, -0.2) is 56.9 Å². The molecular weight excluding hydrogens is 362 g/mol. The molecule has 0 radical (unpaired) electrons. The van der Waals surface area contributed by atoms with Crippen molar-refractivity contribution in [3.05, 3.63) is 0 Å². The Bertz CT molecular complexity index is 346. The number of hydrogen-bond acceptors (Lipinski definition) is 6. The maximum atomic E-state index is 10.2. The minimum absolute atomic E-state index is 0.800. The van der Waals surface area contributed by atoms with E-state index in [-0.39, 0.29) is 0 Å². The molecule has 0 saturated heterocycles. The largest absolute Gasteiger partial charge is 0.416 e. The topological polar surface area (TPSA) is 80.2 Å². The minimum Gasteiger partial charge on any atom is -0.416 e. The van der Waals surface area contributed by atoms with Gasteiger partial charge >= 0.3 is 34.2 Å². The van der Waals surface area contributed by atoms with Gasteiger partial charge in [0.15, 0.2) is 0 Å². The highest BCUT2D eigenvalue weighted by Crippen LogP contribution is 2.26. The smallest absolute Gasteiger partial charge is 0.320 e. The molecular formula is C13H37NO5Si4. The first kappa shape index (κ1) is 23.6. The van der Waals surface area contributed by atoms with Gasteiger partial charge < -0.3 is 27.3 Å². The number of nitrogens with one attached hydrogen (secondary N) is 1. The number of hydrogen-bond donors (Lipinski definition) is 3. The molecule has 0 aliphatic heterocycles. The molecule has 0 aromatic rings. The third-order valence-corrected chi connectivity index (χ3v) is 15.5. The monoisotopic (exact) mass is 399 g/mol. The lowest BCUT2D eigenvalue weighted by atomic mass is 10.4. The number of rotatable bonds is 12. The lowest BCUT2D eigenvalue weighted by Gasteiger charge is -2.40. The highest BCUT2D eigenvalue weighted by Gasteiger charge is 2.45. The van der Waals surface area contributed by atoms with E-state index in [2.05, 4.69) is 12.2 Å². The van der Waals surface area contributed by atoms with E-state index in [0.717, 1.165) is 32.0 Å². The maximum absolute atomic E-state index is 10.2. The molecule has 0 aliphatic rings. The summed E-state index contributed by atoms with van der Waals surface area (Å²) < 4.78 is 18.3. The molecule has 0 aromatic carbocycles. The Morgan fingerprint density at radius 2 is 1.30 bits per heavy atom. The van der Waals surface area contributed by atoms with E-state index in [1.54, 1.807) is 26.2 Å². The van der Waals surface area contributed by atoms with Crippen molar-refractivity contribution < 1.29 is 21.9 Å². The van der Waals surface area contributed by atoms with Gasteiger partial charge in [-0.1, -0.05) is 6.92 Å². The Balaban J connectivity index is 4.84. The summed E-state index contributed by atoms with van der Waals surface area (Å²) in [6.45, 7) is 16.9. The van der Waals surface area contributed by atoms with Crippen LogP contribution in [-0.2, 0) is 12.3 Å². The highest BCUT2D eigenvalue weighted by atomic mass is 28.5. The van der Waals surface area contributed by atoms with Crippen molar-refractivity contribution in [2.45, 2.75) is 71.6 Å². The average molecular weight is 400 g/mol. The van der Waals surface area contributed by atoms with Gasteiger partial charge in [0, 0.05) is 0 Å². The molecule has 3 N–H and O–H groups in total. The van der Waals surface area contributed by atoms with E-state index in [0.29, 0.717) is 0 Å². The Morgan fingerprint density at radius 1 is 0.783 bits per heavy atom. The van der Waals surface area contributed by atoms with Crippen LogP contribution in [0.2, 0.25) is 51.9 Å². The molecule has 6 nitrogen and oxygen atoms in total. The summed E-state index contributed by atoms with van der Waals surface area (Å²) in [4.78, 5) is 20.3. The molecule has 0 bridgehead atoms. The lowest BCUT2D eigenvalue weighted by Crippen LogP contribution is -2.58. The quantitative estimate of drug-likeness (QED) is 0.346. The fraction of sp³-hybridized carbons (Fsp3) is 1.00. The van der Waals surface area contributed by atoms with E-state index in [9.17, 15) is 9.59 Å². The van der Waals surface area contributed by atoms with Gasteiger partial charge in [-0.05, 0) is 77.8 Å². The zero-order valence-electron chi connectivity index (χ0n) is 16.2. The third kappa shape index (κ3) is 13.6. The average Bonchev–Trinajstić information content (AvgIpc) is 2.20. The van der Waals surface area contributed by atoms with Crippen molar-refractivity contribution in [1.82, 2.24) is 5.32 Å². The second-order valence-electron chi connectivity index (χ2n) is 7.59. The van der Waals surface area contributed by atoms with Crippen molar-refractivity contribution >= 4 is 34.2 Å². The predicted octanol–water partition coefficient (Wildman–Crippen LogP) is 2.59. The Morgan fingerprint density at radius 3 is 1.74 bits per heavy atom. The third-order valence-electron chi connectivity index (χ3n) is 2.83. The molecule has 1 atom stereocenters. The summed E-state index contributed by atoms with van der Waals surface area (Å²) in [7, 11) is -10.4. The van der Waals surface area contributed by atoms with Crippen LogP contribution in [0.1, 0.15) is 19.8 Å². The molecule has 0 aliphatic carbocycles. The molecule has 0 aromatic heterocycles. The fourth-order valence-electron chi connectivity index (χ4n) is 2.63. The first-order chi connectivity index (χ1) is 10.2. The molecule has 0 unspecified atom stereocenters. The van der Waals surface area contributed by atoms with Gasteiger partial charge in [-0.25, -0.2) is 0 Å². The molecule has 0 amide bonds. The summed E-state index contributed by atoms with van der Waals surface area (Å²) in [6.07, 6.45) is 2.06. The van der Waals surface area contributed by atoms with Gasteiger partial charge in [0.25, 0.3) is 0 Å². The Hall–Kier alpha value is 0.628. The van der Waals surface area contributed by atoms with Gasteiger partial charge in [-0.2, -0.15) is 0 Å². The molecule has 10 heteroatoms. The minimum atomic E-state index is -2.69. The van der Waals surface area contributed by atoms with Crippen LogP contribution in [0, 0.1) is 0 Å². The van der Waals surface area contributed by atoms with Crippen molar-refractivity contribution in [3.63, 3.8) is 0 Å². The lowest BCUT2D eigenvalue weighted by molar-refractivity contribution is 0.272. The van der Waals surface area contributed by atoms with Gasteiger partial charge in [0.05, 0.1) is 0 Å². The Labute approximate surface area is 146 Å². The van der Waals surface area contributed by atoms with Crippen LogP contribution in [0.15, 0.2) is 0 Å². The summed E-state index contributed by atoms with van der Waals surface area (Å²) >= 11 is 0. The molecule has 0 spiro atoms. The van der Waals surface area contributed by atoms with Crippen molar-refractivity contribution in [2.75, 3.05) is 13.1 Å². The normalized spacial score (nSPS) is 16.4. The van der Waals surface area contributed by atoms with E-state index >= 15 is 0 Å². The van der Waals surface area contributed by atoms with Gasteiger partial charge in [-0.15, -0.1) is 0 Å². The first-order valence-corrected chi connectivity index (χ1v) is 19.5. The summed E-state index contributed by atoms with van der Waals surface area (Å²) in [6, 6.07) is 0.800. The fourth-order valence-corrected chi connectivity index (χ4v) is 18.5. The van der Waals surface area contributed by atoms with E-state index in [4.69, 9.17) is 12.3 Å². The zero-order valence-corrected chi connectivity index (χ0v) is 20.2. The van der Waals surface area contributed by atoms with Crippen molar-refractivity contribution in [3.8, 4) is 0 Å². The van der Waals surface area contributed by atoms with Crippen LogP contribution < -0.4 is 5.32 Å². The maximum Gasteiger partial charge on any atom is 0.320 e. The van der Waals surface area contributed by atoms with Crippen molar-refractivity contribution in [2.24, 2.45) is 0 Å². The van der Waals surface area contributed by atoms with Gasteiger partial charge in [0.2, 0.25) is 0 Å². The van der Waals surface area contributed by atoms with E-state index in [1.807, 2.05) is 19.6 Å². The van der Waals surface area contributed by atoms with Crippen molar-refractivity contribution in [1.29, 1.82) is 0 Å². The van der Waals surface area contributed by atoms with Gasteiger partial charge in [0.1, 0.15) is 0 Å². The second-order valence-corrected chi connectivity index (χ2v) is 21.4. The first-order valence-electron chi connectivity index (χ1n) is 8.44.